The van der Waals surface area contributed by atoms with Crippen molar-refractivity contribution in [1.29, 1.82) is 0 Å². The topological polar surface area (TPSA) is 196 Å². The zero-order valence-electron chi connectivity index (χ0n) is 36.5. The van der Waals surface area contributed by atoms with Gasteiger partial charge < -0.3 is 20.9 Å². The summed E-state index contributed by atoms with van der Waals surface area (Å²) in [5, 5.41) is 20.1. The van der Waals surface area contributed by atoms with E-state index in [1.807, 2.05) is 43.0 Å². The molecule has 16 nitrogen and oxygen atoms in total. The van der Waals surface area contributed by atoms with Crippen LogP contribution >= 0.6 is 23.2 Å². The quantitative estimate of drug-likeness (QED) is 0.0798. The normalized spacial score (nSPS) is 17.3. The molecular formula is C46H45Cl2F4N13O3. The fourth-order valence-electron chi connectivity index (χ4n) is 7.34. The Morgan fingerprint density at radius 3 is 1.57 bits per heavy atom. The van der Waals surface area contributed by atoms with Crippen molar-refractivity contribution in [3.8, 4) is 11.4 Å². The number of anilines is 1. The maximum absolute atomic E-state index is 13.2. The number of halogens is 6. The first-order valence-electron chi connectivity index (χ1n) is 21.0. The number of nitrogens with two attached hydrogens (primary N) is 1. The third kappa shape index (κ3) is 13.5. The van der Waals surface area contributed by atoms with Gasteiger partial charge >= 0.3 is 0 Å². The molecule has 0 radical (unpaired) electrons. The molecule has 0 unspecified atom stereocenters. The minimum Gasteiger partial charge on any atom is -0.365 e. The molecule has 2 saturated heterocycles. The van der Waals surface area contributed by atoms with Crippen molar-refractivity contribution in [3.05, 3.63) is 166 Å². The van der Waals surface area contributed by atoms with Crippen LogP contribution in [0.1, 0.15) is 81.7 Å². The van der Waals surface area contributed by atoms with Crippen LogP contribution in [0.2, 0.25) is 10.3 Å². The van der Waals surface area contributed by atoms with Crippen LogP contribution in [0.25, 0.3) is 11.4 Å². The molecule has 9 rings (SSSR count). The minimum atomic E-state index is -2.55. The van der Waals surface area contributed by atoms with Crippen molar-refractivity contribution in [2.45, 2.75) is 63.7 Å². The summed E-state index contributed by atoms with van der Waals surface area (Å²) in [7, 11) is 0. The summed E-state index contributed by atoms with van der Waals surface area (Å²) in [4.78, 5) is 53.9. The first kappa shape index (κ1) is 50.3. The average molecular weight is 975 g/mol. The lowest BCUT2D eigenvalue weighted by molar-refractivity contribution is 0.0738. The molecule has 354 valence electrons. The van der Waals surface area contributed by atoms with E-state index in [9.17, 15) is 31.9 Å². The van der Waals surface area contributed by atoms with Crippen LogP contribution in [0.3, 0.4) is 0 Å². The van der Waals surface area contributed by atoms with Crippen molar-refractivity contribution in [2.75, 3.05) is 18.4 Å². The van der Waals surface area contributed by atoms with Crippen molar-refractivity contribution in [3.63, 3.8) is 0 Å². The highest BCUT2D eigenvalue weighted by atomic mass is 35.5. The second kappa shape index (κ2) is 24.0. The maximum atomic E-state index is 13.2. The highest BCUT2D eigenvalue weighted by Gasteiger charge is 2.35. The van der Waals surface area contributed by atoms with Crippen LogP contribution in [0.4, 0.5) is 23.4 Å². The Labute approximate surface area is 398 Å². The number of aldehydes is 1. The van der Waals surface area contributed by atoms with Gasteiger partial charge in [-0.25, -0.2) is 32.5 Å². The van der Waals surface area contributed by atoms with E-state index in [1.165, 1.54) is 52.4 Å². The number of likely N-dealkylation sites (tertiary alicyclic amines) is 2. The Bertz CT molecular complexity index is 2740. The van der Waals surface area contributed by atoms with Crippen LogP contribution in [0, 0.1) is 0 Å². The first-order valence-corrected chi connectivity index (χ1v) is 21.7. The molecule has 4 atom stereocenters. The van der Waals surface area contributed by atoms with Crippen molar-refractivity contribution in [2.24, 2.45) is 5.73 Å². The van der Waals surface area contributed by atoms with Crippen LogP contribution in [0.15, 0.2) is 128 Å². The van der Waals surface area contributed by atoms with E-state index in [0.29, 0.717) is 58.5 Å². The lowest BCUT2D eigenvalue weighted by Crippen LogP contribution is -2.36. The fourth-order valence-corrected chi connectivity index (χ4v) is 7.70. The predicted molar refractivity (Wildman–Crippen MR) is 246 cm³/mol. The van der Waals surface area contributed by atoms with Gasteiger partial charge in [-0.2, -0.15) is 30.0 Å². The van der Waals surface area contributed by atoms with Gasteiger partial charge in [0, 0.05) is 72.5 Å². The Morgan fingerprint density at radius 2 is 1.12 bits per heavy atom. The molecular weight excluding hydrogens is 929 g/mol. The number of hydrogen-bond donors (Lipinski definition) is 2. The van der Waals surface area contributed by atoms with Crippen molar-refractivity contribution < 1.29 is 31.9 Å². The Balaban J connectivity index is 0.000000167. The number of nitrogens with zero attached hydrogens (tertiary/aromatic N) is 11. The van der Waals surface area contributed by atoms with Crippen LogP contribution < -0.4 is 11.1 Å². The highest BCUT2D eigenvalue weighted by molar-refractivity contribution is 6.29. The zero-order chi connectivity index (χ0) is 48.7. The number of carbonyl (C=O) groups excluding carboxylic acids is 3. The molecule has 7 heterocycles. The second-order valence-corrected chi connectivity index (χ2v) is 16.1. The largest absolute Gasteiger partial charge is 0.365 e. The van der Waals surface area contributed by atoms with Gasteiger partial charge in [0.05, 0.1) is 47.3 Å². The van der Waals surface area contributed by atoms with Gasteiger partial charge in [0.15, 0.2) is 0 Å². The number of amides is 2. The number of rotatable bonds is 9. The van der Waals surface area contributed by atoms with E-state index < -0.39 is 12.9 Å². The molecule has 7 aromatic rings. The number of carbonyl (C=O) groups is 3. The van der Waals surface area contributed by atoms with Gasteiger partial charge in [-0.3, -0.25) is 14.4 Å². The molecule has 2 fully saturated rings. The molecule has 22 heteroatoms. The zero-order valence-corrected chi connectivity index (χ0v) is 38.0. The average Bonchev–Trinajstić information content (AvgIpc) is 4.19. The number of benzene rings is 2. The van der Waals surface area contributed by atoms with Gasteiger partial charge in [0.25, 0.3) is 24.7 Å². The van der Waals surface area contributed by atoms with E-state index in [4.69, 9.17) is 28.9 Å². The van der Waals surface area contributed by atoms with Crippen LogP contribution in [-0.2, 0) is 0 Å². The van der Waals surface area contributed by atoms with E-state index in [0.717, 1.165) is 18.8 Å². The van der Waals surface area contributed by atoms with Crippen molar-refractivity contribution in [1.82, 2.24) is 54.7 Å². The summed E-state index contributed by atoms with van der Waals surface area (Å²) >= 11 is 10.8. The van der Waals surface area contributed by atoms with Gasteiger partial charge in [-0.15, -0.1) is 0 Å². The summed E-state index contributed by atoms with van der Waals surface area (Å²) in [6, 6.07) is 22.8. The third-order valence-corrected chi connectivity index (χ3v) is 10.9. The van der Waals surface area contributed by atoms with Gasteiger partial charge in [-0.1, -0.05) is 47.5 Å². The molecule has 3 N–H and O–H groups in total. The molecule has 2 aliphatic heterocycles. The van der Waals surface area contributed by atoms with Crippen molar-refractivity contribution >= 4 is 47.1 Å². The predicted octanol–water partition coefficient (Wildman–Crippen LogP) is 8.36. The third-order valence-electron chi connectivity index (χ3n) is 10.5. The Morgan fingerprint density at radius 1 is 0.647 bits per heavy atom. The smallest absolute Gasteiger partial charge is 0.264 e. The highest BCUT2D eigenvalue weighted by Crippen LogP contribution is 2.27. The Hall–Kier alpha value is -7.16. The second-order valence-electron chi connectivity index (χ2n) is 15.4. The van der Waals surface area contributed by atoms with Crippen LogP contribution in [-0.4, -0.2) is 110 Å². The minimum absolute atomic E-state index is 0.0154. The van der Waals surface area contributed by atoms with Gasteiger partial charge in [-0.05, 0) is 87.4 Å². The molecule has 2 aliphatic rings. The summed E-state index contributed by atoms with van der Waals surface area (Å²) in [5.74, 6) is 0.248. The molecule has 0 bridgehead atoms. The molecule has 0 saturated carbocycles. The standard InChI is InChI=1S/C20H20F2N6O.C14H17N5O.C6H4ClF2N.C6H4ClNO/c1-13-10-15(26-18-11-14(19(21)22)6-7-23-18)12-27(13)20(29)16-4-2-3-5-17(16)28-24-8-9-25-28;1-10-8-11(15)9-18(10)14(20)12-4-2-3-5-13(12)19-16-6-7-17-19;7-5-3-4(6(8)9)1-2-10-5;7-6-3-5(4-9)1-2-8-6/h2-9,11,13,15,19H,10,12H2,1H3,(H,23,26);2-7,10-11H,8-9,15H2,1H3;1-3,6H;1-4H/t13-,15-;10-,11-;;/m11../s1. The van der Waals surface area contributed by atoms with Gasteiger partial charge in [0.1, 0.15) is 22.4 Å². The van der Waals surface area contributed by atoms with Gasteiger partial charge in [0.2, 0.25) is 0 Å². The van der Waals surface area contributed by atoms with Crippen LogP contribution in [0.5, 0.6) is 0 Å². The van der Waals surface area contributed by atoms with E-state index in [-0.39, 0.29) is 52.3 Å². The lowest BCUT2D eigenvalue weighted by Gasteiger charge is -2.22. The molecule has 5 aromatic heterocycles. The lowest BCUT2D eigenvalue weighted by atomic mass is 10.1. The summed E-state index contributed by atoms with van der Waals surface area (Å²) in [6.45, 7) is 5.04. The molecule has 68 heavy (non-hydrogen) atoms. The number of aromatic nitrogens is 9. The maximum Gasteiger partial charge on any atom is 0.264 e. The fraction of sp³-hybridized carbons (Fsp3) is 0.261. The molecule has 0 aliphatic carbocycles. The van der Waals surface area contributed by atoms with E-state index in [2.05, 4.69) is 40.7 Å². The number of pyridine rings is 3. The molecule has 2 amide bonds. The Kier molecular flexibility index (Phi) is 17.8. The molecule has 0 spiro atoms. The SMILES string of the molecule is C[C@@H]1C[C@@H](N)CN1C(=O)c1ccccc1-n1nccn1.C[C@@H]1C[C@@H](Nc2cc(C(F)F)ccn2)CN1C(=O)c1ccccc1-n1nccn1.FC(F)c1ccnc(Cl)c1.O=Cc1ccnc(Cl)c1. The van der Waals surface area contributed by atoms with E-state index >= 15 is 0 Å². The first-order chi connectivity index (χ1) is 32.7. The number of alkyl halides is 4. The number of nitrogens with one attached hydrogen (secondary N) is 1. The summed E-state index contributed by atoms with van der Waals surface area (Å²) in [5.41, 5.74) is 8.72. The summed E-state index contributed by atoms with van der Waals surface area (Å²) < 4.78 is 49.5. The molecule has 2 aromatic carbocycles. The van der Waals surface area contributed by atoms with E-state index in [1.54, 1.807) is 60.0 Å². The summed E-state index contributed by atoms with van der Waals surface area (Å²) in [6.07, 6.45) is 7.64. The number of para-hydroxylation sites is 2. The monoisotopic (exact) mass is 973 g/mol. The number of hydrogen-bond acceptors (Lipinski definition) is 12.